The first-order valence-corrected chi connectivity index (χ1v) is 6.03. The number of piperazine rings is 1. The lowest BCUT2D eigenvalue weighted by Crippen LogP contribution is -2.60. The summed E-state index contributed by atoms with van der Waals surface area (Å²) in [7, 11) is 0. The molecule has 0 amide bonds. The van der Waals surface area contributed by atoms with Crippen LogP contribution in [-0.4, -0.2) is 30.1 Å². The summed E-state index contributed by atoms with van der Waals surface area (Å²) in [6.07, 6.45) is 2.61. The molecule has 2 bridgehead atoms. The van der Waals surface area contributed by atoms with Crippen LogP contribution in [0.25, 0.3) is 0 Å². The first-order valence-electron chi connectivity index (χ1n) is 6.03. The van der Waals surface area contributed by atoms with E-state index >= 15 is 0 Å². The SMILES string of the molecule is Fc1ccc(CN2CC3CCC2CN3)cc1. The van der Waals surface area contributed by atoms with Crippen molar-refractivity contribution in [2.24, 2.45) is 0 Å². The summed E-state index contributed by atoms with van der Waals surface area (Å²) < 4.78 is 12.8. The molecular weight excluding hydrogens is 203 g/mol. The summed E-state index contributed by atoms with van der Waals surface area (Å²) >= 11 is 0. The zero-order chi connectivity index (χ0) is 11.0. The molecule has 0 spiro atoms. The molecule has 0 saturated carbocycles. The molecule has 2 nitrogen and oxygen atoms in total. The Kier molecular flexibility index (Phi) is 2.65. The van der Waals surface area contributed by atoms with E-state index in [0.717, 1.165) is 19.6 Å². The second-order valence-electron chi connectivity index (χ2n) is 4.89. The summed E-state index contributed by atoms with van der Waals surface area (Å²) in [5, 5.41) is 3.54. The van der Waals surface area contributed by atoms with Crippen molar-refractivity contribution < 1.29 is 4.39 Å². The molecule has 1 aromatic rings. The average Bonchev–Trinajstić information content (AvgIpc) is 2.34. The van der Waals surface area contributed by atoms with Gasteiger partial charge in [0.25, 0.3) is 0 Å². The fraction of sp³-hybridized carbons (Fsp3) is 0.538. The van der Waals surface area contributed by atoms with E-state index in [0.29, 0.717) is 12.1 Å². The molecule has 3 aliphatic rings. The van der Waals surface area contributed by atoms with Crippen molar-refractivity contribution in [3.63, 3.8) is 0 Å². The third-order valence-corrected chi connectivity index (χ3v) is 3.76. The second kappa shape index (κ2) is 4.15. The lowest BCUT2D eigenvalue weighted by Gasteiger charge is -2.46. The minimum Gasteiger partial charge on any atom is -0.311 e. The highest BCUT2D eigenvalue weighted by Gasteiger charge is 2.32. The number of halogens is 1. The summed E-state index contributed by atoms with van der Waals surface area (Å²) in [5.74, 6) is -0.148. The van der Waals surface area contributed by atoms with E-state index in [1.807, 2.05) is 12.1 Å². The molecule has 3 saturated heterocycles. The Balaban J connectivity index is 1.68. The maximum Gasteiger partial charge on any atom is 0.123 e. The zero-order valence-electron chi connectivity index (χ0n) is 9.32. The third-order valence-electron chi connectivity index (χ3n) is 3.76. The number of benzene rings is 1. The van der Waals surface area contributed by atoms with Crippen LogP contribution in [0.5, 0.6) is 0 Å². The quantitative estimate of drug-likeness (QED) is 0.817. The predicted octanol–water partition coefficient (Wildman–Crippen LogP) is 1.76. The van der Waals surface area contributed by atoms with Gasteiger partial charge < -0.3 is 5.32 Å². The van der Waals surface area contributed by atoms with Crippen LogP contribution in [-0.2, 0) is 6.54 Å². The summed E-state index contributed by atoms with van der Waals surface area (Å²) in [5.41, 5.74) is 1.22. The molecule has 86 valence electrons. The molecular formula is C13H17FN2. The second-order valence-corrected chi connectivity index (χ2v) is 4.89. The molecule has 4 rings (SSSR count). The highest BCUT2D eigenvalue weighted by molar-refractivity contribution is 5.16. The van der Waals surface area contributed by atoms with Crippen molar-refractivity contribution in [3.8, 4) is 0 Å². The highest BCUT2D eigenvalue weighted by Crippen LogP contribution is 2.23. The van der Waals surface area contributed by atoms with Crippen molar-refractivity contribution in [1.29, 1.82) is 0 Å². The van der Waals surface area contributed by atoms with Crippen molar-refractivity contribution in [2.75, 3.05) is 13.1 Å². The first kappa shape index (κ1) is 10.2. The van der Waals surface area contributed by atoms with E-state index in [1.54, 1.807) is 12.1 Å². The lowest BCUT2D eigenvalue weighted by atomic mass is 9.92. The molecule has 2 unspecified atom stereocenters. The largest absolute Gasteiger partial charge is 0.311 e. The number of nitrogens with one attached hydrogen (secondary N) is 1. The minimum atomic E-state index is -0.148. The zero-order valence-corrected chi connectivity index (χ0v) is 9.32. The van der Waals surface area contributed by atoms with E-state index in [4.69, 9.17) is 0 Å². The van der Waals surface area contributed by atoms with Crippen LogP contribution in [0.1, 0.15) is 18.4 Å². The van der Waals surface area contributed by atoms with Crippen molar-refractivity contribution in [1.82, 2.24) is 10.2 Å². The van der Waals surface area contributed by atoms with Crippen molar-refractivity contribution in [2.45, 2.75) is 31.5 Å². The lowest BCUT2D eigenvalue weighted by molar-refractivity contribution is 0.0685. The van der Waals surface area contributed by atoms with Gasteiger partial charge in [0.05, 0.1) is 0 Å². The fourth-order valence-corrected chi connectivity index (χ4v) is 2.82. The van der Waals surface area contributed by atoms with Gasteiger partial charge in [-0.2, -0.15) is 0 Å². The van der Waals surface area contributed by atoms with Crippen LogP contribution in [0.3, 0.4) is 0 Å². The van der Waals surface area contributed by atoms with Crippen LogP contribution in [0.4, 0.5) is 4.39 Å². The van der Waals surface area contributed by atoms with Gasteiger partial charge >= 0.3 is 0 Å². The van der Waals surface area contributed by atoms with Gasteiger partial charge in [-0.15, -0.1) is 0 Å². The number of fused-ring (bicyclic) bond motifs is 3. The Morgan fingerprint density at radius 1 is 1.25 bits per heavy atom. The average molecular weight is 220 g/mol. The van der Waals surface area contributed by atoms with Gasteiger partial charge in [-0.25, -0.2) is 4.39 Å². The first-order chi connectivity index (χ1) is 7.81. The van der Waals surface area contributed by atoms with Crippen LogP contribution in [0.15, 0.2) is 24.3 Å². The fourth-order valence-electron chi connectivity index (χ4n) is 2.82. The number of hydrogen-bond donors (Lipinski definition) is 1. The van der Waals surface area contributed by atoms with E-state index < -0.39 is 0 Å². The molecule has 16 heavy (non-hydrogen) atoms. The van der Waals surface area contributed by atoms with Crippen molar-refractivity contribution >= 4 is 0 Å². The molecule has 1 N–H and O–H groups in total. The molecule has 0 radical (unpaired) electrons. The molecule has 3 fully saturated rings. The van der Waals surface area contributed by atoms with Gasteiger partial charge in [0.15, 0.2) is 0 Å². The van der Waals surface area contributed by atoms with Crippen LogP contribution < -0.4 is 5.32 Å². The van der Waals surface area contributed by atoms with E-state index in [9.17, 15) is 4.39 Å². The topological polar surface area (TPSA) is 15.3 Å². The molecule has 2 atom stereocenters. The molecule has 1 aromatic carbocycles. The number of piperidine rings is 2. The summed E-state index contributed by atoms with van der Waals surface area (Å²) in [6.45, 7) is 3.22. The van der Waals surface area contributed by atoms with Crippen LogP contribution >= 0.6 is 0 Å². The number of nitrogens with zero attached hydrogens (tertiary/aromatic N) is 1. The molecule has 3 heteroatoms. The van der Waals surface area contributed by atoms with Gasteiger partial charge in [0, 0.05) is 31.7 Å². The van der Waals surface area contributed by atoms with Crippen LogP contribution in [0, 0.1) is 5.82 Å². The molecule has 0 aromatic heterocycles. The Bertz CT molecular complexity index is 355. The van der Waals surface area contributed by atoms with Gasteiger partial charge in [-0.1, -0.05) is 12.1 Å². The predicted molar refractivity (Wildman–Crippen MR) is 61.6 cm³/mol. The van der Waals surface area contributed by atoms with Gasteiger partial charge in [-0.05, 0) is 30.5 Å². The Morgan fingerprint density at radius 3 is 2.62 bits per heavy atom. The Labute approximate surface area is 95.4 Å². The molecule has 0 aliphatic carbocycles. The normalized spacial score (nSPS) is 29.6. The summed E-state index contributed by atoms with van der Waals surface area (Å²) in [6, 6.07) is 8.24. The van der Waals surface area contributed by atoms with Gasteiger partial charge in [0.1, 0.15) is 5.82 Å². The number of rotatable bonds is 2. The van der Waals surface area contributed by atoms with Crippen LogP contribution in [0.2, 0.25) is 0 Å². The van der Waals surface area contributed by atoms with E-state index in [2.05, 4.69) is 10.2 Å². The minimum absolute atomic E-state index is 0.148. The Hall–Kier alpha value is -0.930. The molecule has 3 heterocycles. The standard InChI is InChI=1S/C13H17FN2/c14-11-3-1-10(2-4-11)8-16-9-12-5-6-13(16)7-15-12/h1-4,12-13,15H,5-9H2. The van der Waals surface area contributed by atoms with Gasteiger partial charge in [0.2, 0.25) is 0 Å². The summed E-state index contributed by atoms with van der Waals surface area (Å²) in [4.78, 5) is 2.53. The van der Waals surface area contributed by atoms with E-state index in [1.165, 1.54) is 18.4 Å². The van der Waals surface area contributed by atoms with Crippen molar-refractivity contribution in [3.05, 3.63) is 35.6 Å². The maximum absolute atomic E-state index is 12.8. The monoisotopic (exact) mass is 220 g/mol. The maximum atomic E-state index is 12.8. The third kappa shape index (κ3) is 1.97. The van der Waals surface area contributed by atoms with E-state index in [-0.39, 0.29) is 5.82 Å². The molecule has 3 aliphatic heterocycles. The Morgan fingerprint density at radius 2 is 2.06 bits per heavy atom. The highest BCUT2D eigenvalue weighted by atomic mass is 19.1. The smallest absolute Gasteiger partial charge is 0.123 e. The number of hydrogen-bond acceptors (Lipinski definition) is 2. The van der Waals surface area contributed by atoms with Gasteiger partial charge in [-0.3, -0.25) is 4.90 Å².